The van der Waals surface area contributed by atoms with E-state index in [1.807, 2.05) is 0 Å². The van der Waals surface area contributed by atoms with E-state index in [1.165, 1.54) is 18.4 Å². The summed E-state index contributed by atoms with van der Waals surface area (Å²) in [5, 5.41) is 0. The molecule has 1 saturated carbocycles. The van der Waals surface area contributed by atoms with E-state index in [9.17, 15) is 0 Å². The summed E-state index contributed by atoms with van der Waals surface area (Å²) >= 11 is 0. The summed E-state index contributed by atoms with van der Waals surface area (Å²) < 4.78 is 11.7. The zero-order valence-corrected chi connectivity index (χ0v) is 9.69. The molecule has 2 aliphatic rings. The molecule has 86 valence electrons. The van der Waals surface area contributed by atoms with Gasteiger partial charge in [0.15, 0.2) is 5.79 Å². The van der Waals surface area contributed by atoms with Crippen molar-refractivity contribution < 1.29 is 9.47 Å². The molecule has 16 heavy (non-hydrogen) atoms. The monoisotopic (exact) mass is 218 g/mol. The van der Waals surface area contributed by atoms with E-state index in [1.54, 1.807) is 0 Å². The highest BCUT2D eigenvalue weighted by Gasteiger charge is 2.69. The Labute approximate surface area is 96.6 Å². The van der Waals surface area contributed by atoms with Gasteiger partial charge in [-0.05, 0) is 12.0 Å². The molecule has 0 amide bonds. The van der Waals surface area contributed by atoms with Crippen LogP contribution in [0.1, 0.15) is 31.2 Å². The van der Waals surface area contributed by atoms with Gasteiger partial charge in [-0.25, -0.2) is 0 Å². The molecule has 2 unspecified atom stereocenters. The molecule has 1 heterocycles. The van der Waals surface area contributed by atoms with Crippen LogP contribution < -0.4 is 0 Å². The molecule has 0 bridgehead atoms. The molecule has 1 saturated heterocycles. The van der Waals surface area contributed by atoms with Crippen molar-refractivity contribution in [3.8, 4) is 0 Å². The van der Waals surface area contributed by atoms with E-state index < -0.39 is 0 Å². The maximum Gasteiger partial charge on any atom is 0.179 e. The van der Waals surface area contributed by atoms with Crippen LogP contribution in [0.25, 0.3) is 0 Å². The summed E-state index contributed by atoms with van der Waals surface area (Å²) in [6.07, 6.45) is 2.39. The summed E-state index contributed by atoms with van der Waals surface area (Å²) in [5.74, 6) is 0.746. The summed E-state index contributed by atoms with van der Waals surface area (Å²) in [6, 6.07) is 10.6. The molecule has 3 rings (SSSR count). The molecule has 1 aliphatic heterocycles. The Kier molecular flexibility index (Phi) is 2.49. The van der Waals surface area contributed by atoms with E-state index in [0.29, 0.717) is 11.8 Å². The largest absolute Gasteiger partial charge is 0.347 e. The first-order chi connectivity index (χ1) is 7.88. The Hall–Kier alpha value is -0.860. The average Bonchev–Trinajstić information content (AvgIpc) is 2.71. The molecule has 1 aliphatic carbocycles. The van der Waals surface area contributed by atoms with Crippen LogP contribution in [0.3, 0.4) is 0 Å². The average molecular weight is 218 g/mol. The Morgan fingerprint density at radius 3 is 2.50 bits per heavy atom. The van der Waals surface area contributed by atoms with Crippen LogP contribution >= 0.6 is 0 Å². The molecule has 2 heteroatoms. The second-order valence-electron chi connectivity index (χ2n) is 4.70. The van der Waals surface area contributed by atoms with Crippen LogP contribution in [0.4, 0.5) is 0 Å². The molecule has 1 aromatic rings. The lowest BCUT2D eigenvalue weighted by atomic mass is 10.1. The fraction of sp³-hybridized carbons (Fsp3) is 0.571. The van der Waals surface area contributed by atoms with Gasteiger partial charge in [0.25, 0.3) is 0 Å². The SMILES string of the molecule is CCCC1C(c2ccccc2)C12OCCO2. The second kappa shape index (κ2) is 3.86. The van der Waals surface area contributed by atoms with Crippen molar-refractivity contribution in [2.24, 2.45) is 5.92 Å². The molecular formula is C14H18O2. The molecule has 1 aromatic carbocycles. The Balaban J connectivity index is 1.85. The van der Waals surface area contributed by atoms with Crippen molar-refractivity contribution in [1.29, 1.82) is 0 Å². The van der Waals surface area contributed by atoms with Crippen LogP contribution in [0.2, 0.25) is 0 Å². The van der Waals surface area contributed by atoms with Gasteiger partial charge in [-0.2, -0.15) is 0 Å². The van der Waals surface area contributed by atoms with E-state index in [4.69, 9.17) is 9.47 Å². The summed E-state index contributed by atoms with van der Waals surface area (Å²) in [7, 11) is 0. The van der Waals surface area contributed by atoms with Crippen LogP contribution in [0.5, 0.6) is 0 Å². The molecule has 2 atom stereocenters. The molecule has 2 fully saturated rings. The van der Waals surface area contributed by atoms with Gasteiger partial charge >= 0.3 is 0 Å². The number of hydrogen-bond acceptors (Lipinski definition) is 2. The predicted octanol–water partition coefficient (Wildman–Crippen LogP) is 2.94. The third-order valence-corrected chi connectivity index (χ3v) is 3.74. The van der Waals surface area contributed by atoms with Gasteiger partial charge in [-0.15, -0.1) is 0 Å². The maximum atomic E-state index is 5.86. The van der Waals surface area contributed by atoms with Gasteiger partial charge in [-0.3, -0.25) is 0 Å². The smallest absolute Gasteiger partial charge is 0.179 e. The van der Waals surface area contributed by atoms with E-state index >= 15 is 0 Å². The van der Waals surface area contributed by atoms with E-state index in [-0.39, 0.29) is 5.79 Å². The molecule has 0 N–H and O–H groups in total. The first-order valence-electron chi connectivity index (χ1n) is 6.21. The van der Waals surface area contributed by atoms with Crippen LogP contribution in [-0.4, -0.2) is 19.0 Å². The number of rotatable bonds is 3. The normalized spacial score (nSPS) is 30.8. The summed E-state index contributed by atoms with van der Waals surface area (Å²) in [5.41, 5.74) is 1.36. The Morgan fingerprint density at radius 2 is 1.88 bits per heavy atom. The van der Waals surface area contributed by atoms with Crippen molar-refractivity contribution in [3.05, 3.63) is 35.9 Å². The zero-order chi connectivity index (χ0) is 11.0. The van der Waals surface area contributed by atoms with Crippen molar-refractivity contribution in [1.82, 2.24) is 0 Å². The Bertz CT molecular complexity index is 354. The van der Waals surface area contributed by atoms with Crippen LogP contribution in [0, 0.1) is 5.92 Å². The molecule has 0 aromatic heterocycles. The molecule has 1 spiro atoms. The van der Waals surface area contributed by atoms with Gasteiger partial charge in [-0.1, -0.05) is 43.7 Å². The highest BCUT2D eigenvalue weighted by molar-refractivity contribution is 5.33. The Morgan fingerprint density at radius 1 is 1.19 bits per heavy atom. The topological polar surface area (TPSA) is 18.5 Å². The zero-order valence-electron chi connectivity index (χ0n) is 9.69. The fourth-order valence-corrected chi connectivity index (χ4v) is 3.05. The third-order valence-electron chi connectivity index (χ3n) is 3.74. The minimum absolute atomic E-state index is 0.267. The first kappa shape index (κ1) is 10.3. The first-order valence-corrected chi connectivity index (χ1v) is 6.21. The highest BCUT2D eigenvalue weighted by atomic mass is 16.7. The maximum absolute atomic E-state index is 5.86. The number of benzene rings is 1. The van der Waals surface area contributed by atoms with E-state index in [0.717, 1.165) is 13.2 Å². The van der Waals surface area contributed by atoms with Crippen LogP contribution in [0.15, 0.2) is 30.3 Å². The lowest BCUT2D eigenvalue weighted by Gasteiger charge is -2.08. The molecule has 0 radical (unpaired) electrons. The molecule has 2 nitrogen and oxygen atoms in total. The lowest BCUT2D eigenvalue weighted by Crippen LogP contribution is -2.13. The standard InChI is InChI=1S/C14H18O2/c1-2-6-12-13(11-7-4-3-5-8-11)14(12)15-9-10-16-14/h3-5,7-8,12-13H,2,6,9-10H2,1H3. The van der Waals surface area contributed by atoms with Crippen molar-refractivity contribution in [2.45, 2.75) is 31.5 Å². The number of hydrogen-bond donors (Lipinski definition) is 0. The highest BCUT2D eigenvalue weighted by Crippen LogP contribution is 2.64. The van der Waals surface area contributed by atoms with Gasteiger partial charge in [0, 0.05) is 11.8 Å². The predicted molar refractivity (Wildman–Crippen MR) is 62.2 cm³/mol. The van der Waals surface area contributed by atoms with Crippen molar-refractivity contribution >= 4 is 0 Å². The van der Waals surface area contributed by atoms with Crippen molar-refractivity contribution in [3.63, 3.8) is 0 Å². The third kappa shape index (κ3) is 1.40. The van der Waals surface area contributed by atoms with Gasteiger partial charge in [0.1, 0.15) is 0 Å². The molecular weight excluding hydrogens is 200 g/mol. The fourth-order valence-electron chi connectivity index (χ4n) is 3.05. The minimum atomic E-state index is -0.267. The van der Waals surface area contributed by atoms with E-state index in [2.05, 4.69) is 37.3 Å². The quantitative estimate of drug-likeness (QED) is 0.776. The van der Waals surface area contributed by atoms with Crippen LogP contribution in [-0.2, 0) is 9.47 Å². The summed E-state index contributed by atoms with van der Waals surface area (Å²) in [4.78, 5) is 0. The minimum Gasteiger partial charge on any atom is -0.347 e. The van der Waals surface area contributed by atoms with Gasteiger partial charge in [0.2, 0.25) is 0 Å². The van der Waals surface area contributed by atoms with Gasteiger partial charge in [0.05, 0.1) is 13.2 Å². The number of ether oxygens (including phenoxy) is 2. The second-order valence-corrected chi connectivity index (χ2v) is 4.70. The lowest BCUT2D eigenvalue weighted by molar-refractivity contribution is -0.0870. The van der Waals surface area contributed by atoms with Gasteiger partial charge < -0.3 is 9.47 Å². The summed E-state index contributed by atoms with van der Waals surface area (Å²) in [6.45, 7) is 3.73. The van der Waals surface area contributed by atoms with Crippen molar-refractivity contribution in [2.75, 3.05) is 13.2 Å².